The minimum Gasteiger partial charge on any atom is -0.484 e. The van der Waals surface area contributed by atoms with Gasteiger partial charge >= 0.3 is 4.87 Å². The molecule has 3 amide bonds. The Morgan fingerprint density at radius 3 is 2.37 bits per heavy atom. The number of carbonyl (C=O) groups is 3. The third-order valence-corrected chi connectivity index (χ3v) is 10.1. The summed E-state index contributed by atoms with van der Waals surface area (Å²) in [6.07, 6.45) is 0. The molecule has 0 aliphatic carbocycles. The Morgan fingerprint density at radius 1 is 0.927 bits per heavy atom. The Labute approximate surface area is 256 Å². The van der Waals surface area contributed by atoms with Crippen molar-refractivity contribution in [3.05, 3.63) is 102 Å². The van der Waals surface area contributed by atoms with Crippen LogP contribution in [0, 0.1) is 5.92 Å². The highest BCUT2D eigenvalue weighted by Gasteiger charge is 2.56. The quantitative estimate of drug-likeness (QED) is 0.241. The number of halogens is 3. The van der Waals surface area contributed by atoms with Gasteiger partial charge < -0.3 is 15.0 Å². The fraction of sp³-hybridized carbons (Fsp3) is 0.143. The lowest BCUT2D eigenvalue weighted by molar-refractivity contribution is -0.122. The molecule has 1 saturated heterocycles. The number of hydrogen-bond donors (Lipinski definition) is 2. The molecule has 1 fully saturated rings. The molecule has 13 heteroatoms. The molecular formula is C28H18Cl3N3O5S2. The van der Waals surface area contributed by atoms with E-state index < -0.39 is 23.0 Å². The van der Waals surface area contributed by atoms with Crippen LogP contribution in [0.2, 0.25) is 15.1 Å². The van der Waals surface area contributed by atoms with Crippen LogP contribution in [0.15, 0.2) is 76.6 Å². The molecule has 3 heterocycles. The van der Waals surface area contributed by atoms with Crippen LogP contribution < -0.4 is 19.8 Å². The number of aromatic amines is 1. The van der Waals surface area contributed by atoms with Crippen molar-refractivity contribution in [1.29, 1.82) is 0 Å². The molecule has 0 saturated carbocycles. The number of amides is 3. The smallest absolute Gasteiger partial charge is 0.305 e. The summed E-state index contributed by atoms with van der Waals surface area (Å²) >= 11 is 20.2. The summed E-state index contributed by atoms with van der Waals surface area (Å²) in [5, 5.41) is 3.76. The van der Waals surface area contributed by atoms with Gasteiger partial charge in [-0.1, -0.05) is 70.0 Å². The number of carbonyl (C=O) groups excluding carboxylic acids is 3. The van der Waals surface area contributed by atoms with Gasteiger partial charge in [-0.15, -0.1) is 0 Å². The fourth-order valence-electron chi connectivity index (χ4n) is 4.91. The average molecular weight is 647 g/mol. The van der Waals surface area contributed by atoms with Crippen LogP contribution in [0.1, 0.15) is 16.4 Å². The molecule has 3 aromatic carbocycles. The molecule has 0 spiro atoms. The number of nitrogens with one attached hydrogen (secondary N) is 2. The Kier molecular flexibility index (Phi) is 7.60. The number of H-pyrrole nitrogens is 1. The minimum absolute atomic E-state index is 0.253. The van der Waals surface area contributed by atoms with E-state index in [2.05, 4.69) is 10.3 Å². The van der Waals surface area contributed by atoms with E-state index in [1.54, 1.807) is 66.7 Å². The number of benzene rings is 3. The van der Waals surface area contributed by atoms with Gasteiger partial charge in [0.15, 0.2) is 6.61 Å². The van der Waals surface area contributed by atoms with Gasteiger partial charge in [0.2, 0.25) is 11.8 Å². The maximum Gasteiger partial charge on any atom is 0.305 e. The SMILES string of the molecule is O=C(COc1ccc(C2c3sc(=O)[nH]c3SC3C(=O)N(c4ccc(Cl)cc4)C(=O)C32)cc1)Nc1ccc(Cl)c(Cl)c1. The highest BCUT2D eigenvalue weighted by molar-refractivity contribution is 8.00. The Morgan fingerprint density at radius 2 is 1.66 bits per heavy atom. The Bertz CT molecular complexity index is 1740. The summed E-state index contributed by atoms with van der Waals surface area (Å²) in [5.74, 6) is -1.89. The number of thiazole rings is 1. The summed E-state index contributed by atoms with van der Waals surface area (Å²) in [4.78, 5) is 56.4. The lowest BCUT2D eigenvalue weighted by Crippen LogP contribution is -2.32. The van der Waals surface area contributed by atoms with Gasteiger partial charge in [0.1, 0.15) is 11.0 Å². The van der Waals surface area contributed by atoms with Crippen LogP contribution in [0.4, 0.5) is 11.4 Å². The van der Waals surface area contributed by atoms with Crippen molar-refractivity contribution in [2.24, 2.45) is 5.92 Å². The maximum atomic E-state index is 13.8. The summed E-state index contributed by atoms with van der Waals surface area (Å²) in [5.41, 5.74) is 1.67. The van der Waals surface area contributed by atoms with Crippen molar-refractivity contribution in [2.45, 2.75) is 16.2 Å². The Balaban J connectivity index is 1.23. The van der Waals surface area contributed by atoms with Crippen LogP contribution in [-0.4, -0.2) is 34.6 Å². The molecule has 4 aromatic rings. The van der Waals surface area contributed by atoms with Gasteiger partial charge in [-0.2, -0.15) is 0 Å². The number of imide groups is 1. The van der Waals surface area contributed by atoms with E-state index in [-0.39, 0.29) is 23.3 Å². The molecule has 2 aliphatic rings. The van der Waals surface area contributed by atoms with Crippen molar-refractivity contribution >= 4 is 87.0 Å². The third kappa shape index (κ3) is 5.38. The second-order valence-corrected chi connectivity index (χ2v) is 12.7. The van der Waals surface area contributed by atoms with Gasteiger partial charge in [-0.25, -0.2) is 4.90 Å². The number of hydrogen-bond acceptors (Lipinski definition) is 7. The molecular weight excluding hydrogens is 629 g/mol. The minimum atomic E-state index is -0.717. The van der Waals surface area contributed by atoms with Crippen LogP contribution in [0.3, 0.4) is 0 Å². The monoisotopic (exact) mass is 645 g/mol. The molecule has 3 unspecified atom stereocenters. The molecule has 2 N–H and O–H groups in total. The van der Waals surface area contributed by atoms with E-state index in [0.29, 0.717) is 42.1 Å². The van der Waals surface area contributed by atoms with Crippen molar-refractivity contribution < 1.29 is 19.1 Å². The van der Waals surface area contributed by atoms with Crippen molar-refractivity contribution in [3.8, 4) is 5.75 Å². The lowest BCUT2D eigenvalue weighted by Gasteiger charge is -2.29. The largest absolute Gasteiger partial charge is 0.484 e. The molecule has 8 nitrogen and oxygen atoms in total. The number of fused-ring (bicyclic) bond motifs is 2. The van der Waals surface area contributed by atoms with Crippen LogP contribution in [-0.2, 0) is 14.4 Å². The topological polar surface area (TPSA) is 109 Å². The van der Waals surface area contributed by atoms with Crippen LogP contribution in [0.25, 0.3) is 0 Å². The standard InChI is InChI=1S/C28H18Cl3N3O5S2/c29-14-3-6-16(7-4-14)34-26(36)22-21(23-25(33-28(38)41-23)40-24(22)27(34)37)13-1-8-17(9-2-13)39-12-20(35)32-15-5-10-18(30)19(31)11-15/h1-11,21-22,24H,12H2,(H,32,35)(H,33,38). The van der Waals surface area contributed by atoms with E-state index in [1.165, 1.54) is 16.7 Å². The second-order valence-electron chi connectivity index (χ2n) is 9.27. The zero-order chi connectivity index (χ0) is 28.8. The van der Waals surface area contributed by atoms with Gasteiger partial charge in [0.25, 0.3) is 5.91 Å². The zero-order valence-electron chi connectivity index (χ0n) is 20.7. The molecule has 3 atom stereocenters. The number of thioether (sulfide) groups is 1. The highest BCUT2D eigenvalue weighted by atomic mass is 35.5. The molecule has 1 aromatic heterocycles. The van der Waals surface area contributed by atoms with Crippen molar-refractivity contribution in [1.82, 2.24) is 4.98 Å². The zero-order valence-corrected chi connectivity index (χ0v) is 24.6. The lowest BCUT2D eigenvalue weighted by atomic mass is 9.83. The maximum absolute atomic E-state index is 13.8. The summed E-state index contributed by atoms with van der Waals surface area (Å²) < 4.78 is 5.65. The number of aromatic nitrogens is 1. The number of ether oxygens (including phenoxy) is 1. The Hall–Kier alpha value is -3.28. The first-order chi connectivity index (χ1) is 19.7. The average Bonchev–Trinajstić information content (AvgIpc) is 3.44. The third-order valence-electron chi connectivity index (χ3n) is 6.72. The van der Waals surface area contributed by atoms with E-state index in [0.717, 1.165) is 16.9 Å². The van der Waals surface area contributed by atoms with E-state index in [1.807, 2.05) is 0 Å². The first-order valence-electron chi connectivity index (χ1n) is 12.2. The molecule has 41 heavy (non-hydrogen) atoms. The molecule has 6 rings (SSSR count). The summed E-state index contributed by atoms with van der Waals surface area (Å²) in [7, 11) is 0. The molecule has 2 aliphatic heterocycles. The van der Waals surface area contributed by atoms with E-state index >= 15 is 0 Å². The summed E-state index contributed by atoms with van der Waals surface area (Å²) in [6.45, 7) is -0.253. The van der Waals surface area contributed by atoms with Crippen molar-refractivity contribution in [3.63, 3.8) is 0 Å². The molecule has 208 valence electrons. The van der Waals surface area contributed by atoms with Gasteiger partial charge in [0.05, 0.1) is 26.7 Å². The molecule has 0 bridgehead atoms. The second kappa shape index (κ2) is 11.2. The number of nitrogens with zero attached hydrogens (tertiary/aromatic N) is 1. The molecule has 0 radical (unpaired) electrons. The van der Waals surface area contributed by atoms with Gasteiger partial charge in [0, 0.05) is 21.5 Å². The van der Waals surface area contributed by atoms with Gasteiger partial charge in [-0.3, -0.25) is 19.2 Å². The predicted octanol–water partition coefficient (Wildman–Crippen LogP) is 6.21. The van der Waals surface area contributed by atoms with Crippen LogP contribution in [0.5, 0.6) is 5.75 Å². The van der Waals surface area contributed by atoms with E-state index in [9.17, 15) is 19.2 Å². The van der Waals surface area contributed by atoms with Crippen LogP contribution >= 0.6 is 57.9 Å². The van der Waals surface area contributed by atoms with Gasteiger partial charge in [-0.05, 0) is 60.2 Å². The first-order valence-corrected chi connectivity index (χ1v) is 15.0. The summed E-state index contributed by atoms with van der Waals surface area (Å²) in [6, 6.07) is 18.2. The first kappa shape index (κ1) is 27.9. The fourth-order valence-corrected chi connectivity index (χ4v) is 7.85. The number of anilines is 2. The number of rotatable bonds is 6. The predicted molar refractivity (Wildman–Crippen MR) is 161 cm³/mol. The van der Waals surface area contributed by atoms with Crippen molar-refractivity contribution in [2.75, 3.05) is 16.8 Å². The normalized spacial score (nSPS) is 19.6. The van der Waals surface area contributed by atoms with E-state index in [4.69, 9.17) is 39.5 Å². The highest BCUT2D eigenvalue weighted by Crippen LogP contribution is 2.53.